The minimum Gasteiger partial charge on any atom is -0.383 e. The molecular weight excluding hydrogens is 210 g/mol. The van der Waals surface area contributed by atoms with Gasteiger partial charge in [0.1, 0.15) is 5.60 Å². The normalized spacial score (nSPS) is 14.9. The number of pyridine rings is 1. The van der Waals surface area contributed by atoms with E-state index in [1.165, 1.54) is 19.3 Å². The molecule has 17 heavy (non-hydrogen) atoms. The molecule has 0 radical (unpaired) electrons. The standard InChI is InChI=1S/C15H25NO/c1-4-5-6-8-11-15(17,13(2)3)14-10-7-9-12-16-14/h7,9-10,12-13,17H,4-6,8,11H2,1-3H3. The van der Waals surface area contributed by atoms with Crippen molar-refractivity contribution in [1.82, 2.24) is 4.98 Å². The predicted octanol–water partition coefficient (Wildman–Crippen LogP) is 3.90. The zero-order valence-electron chi connectivity index (χ0n) is 11.3. The molecule has 0 saturated heterocycles. The number of aromatic nitrogens is 1. The molecule has 0 aliphatic heterocycles. The van der Waals surface area contributed by atoms with Gasteiger partial charge in [-0.1, -0.05) is 52.5 Å². The maximum atomic E-state index is 10.8. The number of aliphatic hydroxyl groups is 1. The lowest BCUT2D eigenvalue weighted by Gasteiger charge is -2.31. The van der Waals surface area contributed by atoms with Crippen LogP contribution >= 0.6 is 0 Å². The SMILES string of the molecule is CCCCCCC(O)(c1ccccn1)C(C)C. The fourth-order valence-corrected chi connectivity index (χ4v) is 2.15. The summed E-state index contributed by atoms with van der Waals surface area (Å²) in [5.74, 6) is 0.194. The Morgan fingerprint density at radius 3 is 2.53 bits per heavy atom. The van der Waals surface area contributed by atoms with Crippen molar-refractivity contribution in [2.75, 3.05) is 0 Å². The summed E-state index contributed by atoms with van der Waals surface area (Å²) < 4.78 is 0. The van der Waals surface area contributed by atoms with Crippen molar-refractivity contribution in [2.24, 2.45) is 5.92 Å². The molecule has 0 bridgehead atoms. The monoisotopic (exact) mass is 235 g/mol. The summed E-state index contributed by atoms with van der Waals surface area (Å²) in [5, 5.41) is 10.8. The Bertz CT molecular complexity index is 310. The fourth-order valence-electron chi connectivity index (χ4n) is 2.15. The van der Waals surface area contributed by atoms with E-state index in [4.69, 9.17) is 0 Å². The summed E-state index contributed by atoms with van der Waals surface area (Å²) in [5.41, 5.74) is 0.0427. The lowest BCUT2D eigenvalue weighted by molar-refractivity contribution is -0.0246. The minimum atomic E-state index is -0.769. The molecule has 0 aromatic carbocycles. The lowest BCUT2D eigenvalue weighted by atomic mass is 9.82. The smallest absolute Gasteiger partial charge is 0.109 e. The molecule has 1 aromatic rings. The van der Waals surface area contributed by atoms with E-state index in [0.29, 0.717) is 0 Å². The van der Waals surface area contributed by atoms with Crippen LogP contribution in [0, 0.1) is 5.92 Å². The number of unbranched alkanes of at least 4 members (excludes halogenated alkanes) is 3. The summed E-state index contributed by atoms with van der Waals surface area (Å²) >= 11 is 0. The van der Waals surface area contributed by atoms with Gasteiger partial charge >= 0.3 is 0 Å². The minimum absolute atomic E-state index is 0.194. The Hall–Kier alpha value is -0.890. The molecule has 1 heterocycles. The highest BCUT2D eigenvalue weighted by atomic mass is 16.3. The molecule has 0 spiro atoms. The molecule has 0 fully saturated rings. The van der Waals surface area contributed by atoms with Crippen LogP contribution in [-0.2, 0) is 5.60 Å². The van der Waals surface area contributed by atoms with Gasteiger partial charge in [-0.25, -0.2) is 0 Å². The molecule has 2 nitrogen and oxygen atoms in total. The Kier molecular flexibility index (Phi) is 5.63. The van der Waals surface area contributed by atoms with E-state index in [2.05, 4.69) is 25.8 Å². The van der Waals surface area contributed by atoms with Gasteiger partial charge in [0.2, 0.25) is 0 Å². The van der Waals surface area contributed by atoms with E-state index >= 15 is 0 Å². The lowest BCUT2D eigenvalue weighted by Crippen LogP contribution is -2.33. The van der Waals surface area contributed by atoms with Gasteiger partial charge in [-0.2, -0.15) is 0 Å². The van der Waals surface area contributed by atoms with E-state index in [1.807, 2.05) is 18.2 Å². The van der Waals surface area contributed by atoms with Crippen LogP contribution in [0.2, 0.25) is 0 Å². The summed E-state index contributed by atoms with van der Waals surface area (Å²) in [4.78, 5) is 4.32. The van der Waals surface area contributed by atoms with Gasteiger partial charge in [0.05, 0.1) is 5.69 Å². The maximum absolute atomic E-state index is 10.8. The number of hydrogen-bond acceptors (Lipinski definition) is 2. The maximum Gasteiger partial charge on any atom is 0.109 e. The molecule has 1 aromatic heterocycles. The van der Waals surface area contributed by atoms with E-state index in [-0.39, 0.29) is 5.92 Å². The number of nitrogens with zero attached hydrogens (tertiary/aromatic N) is 1. The molecule has 0 amide bonds. The third kappa shape index (κ3) is 3.81. The van der Waals surface area contributed by atoms with Crippen LogP contribution in [0.1, 0.15) is 58.6 Å². The number of rotatable bonds is 7. The highest BCUT2D eigenvalue weighted by molar-refractivity contribution is 5.13. The Balaban J connectivity index is 2.69. The molecule has 96 valence electrons. The van der Waals surface area contributed by atoms with E-state index < -0.39 is 5.60 Å². The largest absolute Gasteiger partial charge is 0.383 e. The van der Waals surface area contributed by atoms with Crippen LogP contribution in [0.25, 0.3) is 0 Å². The van der Waals surface area contributed by atoms with Crippen molar-refractivity contribution in [1.29, 1.82) is 0 Å². The van der Waals surface area contributed by atoms with Gasteiger partial charge in [-0.3, -0.25) is 4.98 Å². The summed E-state index contributed by atoms with van der Waals surface area (Å²) in [6.45, 7) is 6.33. The van der Waals surface area contributed by atoms with Gasteiger partial charge in [-0.15, -0.1) is 0 Å². The third-order valence-electron chi connectivity index (χ3n) is 3.48. The Labute approximate surface area is 105 Å². The average molecular weight is 235 g/mol. The van der Waals surface area contributed by atoms with Gasteiger partial charge in [0.15, 0.2) is 0 Å². The second kappa shape index (κ2) is 6.75. The van der Waals surface area contributed by atoms with Crippen molar-refractivity contribution in [3.63, 3.8) is 0 Å². The second-order valence-electron chi connectivity index (χ2n) is 5.10. The van der Waals surface area contributed by atoms with Crippen molar-refractivity contribution >= 4 is 0 Å². The van der Waals surface area contributed by atoms with Gasteiger partial charge in [0, 0.05) is 6.20 Å². The molecule has 1 N–H and O–H groups in total. The summed E-state index contributed by atoms with van der Waals surface area (Å²) in [7, 11) is 0. The zero-order valence-corrected chi connectivity index (χ0v) is 11.3. The van der Waals surface area contributed by atoms with Gasteiger partial charge in [0.25, 0.3) is 0 Å². The van der Waals surface area contributed by atoms with E-state index in [1.54, 1.807) is 6.20 Å². The van der Waals surface area contributed by atoms with Crippen LogP contribution in [0.5, 0.6) is 0 Å². The van der Waals surface area contributed by atoms with E-state index in [9.17, 15) is 5.11 Å². The fraction of sp³-hybridized carbons (Fsp3) is 0.667. The van der Waals surface area contributed by atoms with E-state index in [0.717, 1.165) is 18.5 Å². The van der Waals surface area contributed by atoms with Crippen LogP contribution in [0.4, 0.5) is 0 Å². The number of hydrogen-bond donors (Lipinski definition) is 1. The average Bonchev–Trinajstić information content (AvgIpc) is 2.35. The summed E-state index contributed by atoms with van der Waals surface area (Å²) in [6, 6.07) is 5.77. The molecule has 0 aliphatic carbocycles. The van der Waals surface area contributed by atoms with Crippen molar-refractivity contribution in [3.8, 4) is 0 Å². The topological polar surface area (TPSA) is 33.1 Å². The highest BCUT2D eigenvalue weighted by Gasteiger charge is 2.33. The molecule has 1 unspecified atom stereocenters. The zero-order chi connectivity index (χ0) is 12.7. The van der Waals surface area contributed by atoms with Crippen LogP contribution in [-0.4, -0.2) is 10.1 Å². The Morgan fingerprint density at radius 1 is 1.24 bits per heavy atom. The molecule has 0 saturated carbocycles. The first-order valence-electron chi connectivity index (χ1n) is 6.75. The predicted molar refractivity (Wildman–Crippen MR) is 71.7 cm³/mol. The van der Waals surface area contributed by atoms with Gasteiger partial charge in [-0.05, 0) is 24.5 Å². The summed E-state index contributed by atoms with van der Waals surface area (Å²) in [6.07, 6.45) is 7.30. The van der Waals surface area contributed by atoms with Crippen molar-refractivity contribution in [3.05, 3.63) is 30.1 Å². The Morgan fingerprint density at radius 2 is 2.00 bits per heavy atom. The molecular formula is C15H25NO. The van der Waals surface area contributed by atoms with Crippen molar-refractivity contribution in [2.45, 2.75) is 58.5 Å². The third-order valence-corrected chi connectivity index (χ3v) is 3.48. The molecule has 0 aliphatic rings. The first-order chi connectivity index (χ1) is 8.11. The first-order valence-corrected chi connectivity index (χ1v) is 6.75. The molecule has 2 heteroatoms. The van der Waals surface area contributed by atoms with Crippen LogP contribution in [0.3, 0.4) is 0 Å². The van der Waals surface area contributed by atoms with Gasteiger partial charge < -0.3 is 5.11 Å². The first kappa shape index (κ1) is 14.2. The second-order valence-corrected chi connectivity index (χ2v) is 5.10. The van der Waals surface area contributed by atoms with Crippen LogP contribution in [0.15, 0.2) is 24.4 Å². The molecule has 1 atom stereocenters. The van der Waals surface area contributed by atoms with Crippen LogP contribution < -0.4 is 0 Å². The van der Waals surface area contributed by atoms with Crippen molar-refractivity contribution < 1.29 is 5.11 Å². The molecule has 1 rings (SSSR count). The quantitative estimate of drug-likeness (QED) is 0.727. The highest BCUT2D eigenvalue weighted by Crippen LogP contribution is 2.33.